The van der Waals surface area contributed by atoms with Gasteiger partial charge in [-0.15, -0.1) is 0 Å². The molecule has 0 aliphatic carbocycles. The highest BCUT2D eigenvalue weighted by molar-refractivity contribution is 5.76. The van der Waals surface area contributed by atoms with Gasteiger partial charge in [0.2, 0.25) is 5.91 Å². The third-order valence-corrected chi connectivity index (χ3v) is 2.16. The standard InChI is InChI=1S/C11H19N5O/c1-3-5-13-9-7-10(16-8-15-9)14-6-4-11(17)12-2/h7-8H,3-6H2,1-2H3,(H,12,17)(H2,13,14,15,16). The van der Waals surface area contributed by atoms with Gasteiger partial charge < -0.3 is 16.0 Å². The van der Waals surface area contributed by atoms with Crippen molar-refractivity contribution in [1.82, 2.24) is 15.3 Å². The fourth-order valence-corrected chi connectivity index (χ4v) is 1.23. The van der Waals surface area contributed by atoms with Crippen molar-refractivity contribution in [2.75, 3.05) is 30.8 Å². The Bertz CT molecular complexity index is 355. The molecule has 1 amide bonds. The van der Waals surface area contributed by atoms with Gasteiger partial charge in [-0.1, -0.05) is 6.92 Å². The van der Waals surface area contributed by atoms with Crippen LogP contribution in [0.5, 0.6) is 0 Å². The van der Waals surface area contributed by atoms with Crippen LogP contribution in [0.1, 0.15) is 19.8 Å². The van der Waals surface area contributed by atoms with Crippen LogP contribution in [-0.4, -0.2) is 36.0 Å². The van der Waals surface area contributed by atoms with E-state index in [4.69, 9.17) is 0 Å². The zero-order valence-corrected chi connectivity index (χ0v) is 10.3. The van der Waals surface area contributed by atoms with Crippen LogP contribution in [0.25, 0.3) is 0 Å². The van der Waals surface area contributed by atoms with Crippen molar-refractivity contribution in [1.29, 1.82) is 0 Å². The lowest BCUT2D eigenvalue weighted by Crippen LogP contribution is -2.21. The van der Waals surface area contributed by atoms with E-state index in [0.717, 1.165) is 24.6 Å². The fraction of sp³-hybridized carbons (Fsp3) is 0.545. The highest BCUT2D eigenvalue weighted by Gasteiger charge is 2.00. The number of anilines is 2. The summed E-state index contributed by atoms with van der Waals surface area (Å²) in [5, 5.41) is 8.82. The smallest absolute Gasteiger partial charge is 0.221 e. The number of hydrogen-bond donors (Lipinski definition) is 3. The third-order valence-electron chi connectivity index (χ3n) is 2.16. The largest absolute Gasteiger partial charge is 0.370 e. The topological polar surface area (TPSA) is 78.9 Å². The molecule has 6 heteroatoms. The molecular formula is C11H19N5O. The number of amides is 1. The summed E-state index contributed by atoms with van der Waals surface area (Å²) in [6.07, 6.45) is 2.97. The first kappa shape index (κ1) is 13.2. The molecule has 0 aromatic carbocycles. The van der Waals surface area contributed by atoms with Gasteiger partial charge in [0.05, 0.1) is 0 Å². The quantitative estimate of drug-likeness (QED) is 0.655. The van der Waals surface area contributed by atoms with Crippen LogP contribution in [0.15, 0.2) is 12.4 Å². The number of hydrogen-bond acceptors (Lipinski definition) is 5. The molecule has 6 nitrogen and oxygen atoms in total. The summed E-state index contributed by atoms with van der Waals surface area (Å²) in [7, 11) is 1.62. The second-order valence-corrected chi connectivity index (χ2v) is 3.57. The van der Waals surface area contributed by atoms with Gasteiger partial charge in [0.25, 0.3) is 0 Å². The Labute approximate surface area is 101 Å². The predicted octanol–water partition coefficient (Wildman–Crippen LogP) is 0.846. The van der Waals surface area contributed by atoms with E-state index in [1.807, 2.05) is 6.07 Å². The predicted molar refractivity (Wildman–Crippen MR) is 68.0 cm³/mol. The molecule has 1 aromatic heterocycles. The normalized spacial score (nSPS) is 9.76. The van der Waals surface area contributed by atoms with E-state index in [-0.39, 0.29) is 5.91 Å². The maximum Gasteiger partial charge on any atom is 0.221 e. The zero-order chi connectivity index (χ0) is 12.5. The summed E-state index contributed by atoms with van der Waals surface area (Å²) in [6, 6.07) is 1.83. The van der Waals surface area contributed by atoms with Crippen molar-refractivity contribution in [3.05, 3.63) is 12.4 Å². The van der Waals surface area contributed by atoms with Gasteiger partial charge in [-0.05, 0) is 6.42 Å². The first-order chi connectivity index (χ1) is 8.26. The van der Waals surface area contributed by atoms with Gasteiger partial charge in [-0.2, -0.15) is 0 Å². The molecule has 1 rings (SSSR count). The van der Waals surface area contributed by atoms with Crippen molar-refractivity contribution < 1.29 is 4.79 Å². The number of carbonyl (C=O) groups excluding carboxylic acids is 1. The summed E-state index contributed by atoms with van der Waals surface area (Å²) >= 11 is 0. The van der Waals surface area contributed by atoms with Crippen LogP contribution < -0.4 is 16.0 Å². The van der Waals surface area contributed by atoms with E-state index in [9.17, 15) is 4.79 Å². The molecular weight excluding hydrogens is 218 g/mol. The third kappa shape index (κ3) is 5.14. The van der Waals surface area contributed by atoms with Crippen LogP contribution in [0, 0.1) is 0 Å². The van der Waals surface area contributed by atoms with Crippen LogP contribution in [0.4, 0.5) is 11.6 Å². The molecule has 0 bridgehead atoms. The molecule has 0 aliphatic heterocycles. The van der Waals surface area contributed by atoms with Crippen molar-refractivity contribution >= 4 is 17.5 Å². The van der Waals surface area contributed by atoms with Gasteiger partial charge in [-0.3, -0.25) is 4.79 Å². The van der Waals surface area contributed by atoms with Gasteiger partial charge in [0.1, 0.15) is 18.0 Å². The average Bonchev–Trinajstić information content (AvgIpc) is 2.36. The van der Waals surface area contributed by atoms with Crippen LogP contribution in [0.2, 0.25) is 0 Å². The molecule has 0 spiro atoms. The molecule has 0 saturated heterocycles. The van der Waals surface area contributed by atoms with E-state index in [1.165, 1.54) is 6.33 Å². The number of carbonyl (C=O) groups is 1. The van der Waals surface area contributed by atoms with E-state index in [1.54, 1.807) is 7.05 Å². The molecule has 3 N–H and O–H groups in total. The van der Waals surface area contributed by atoms with Crippen molar-refractivity contribution in [2.24, 2.45) is 0 Å². The first-order valence-corrected chi connectivity index (χ1v) is 5.76. The maximum absolute atomic E-state index is 11.0. The van der Waals surface area contributed by atoms with Gasteiger partial charge in [-0.25, -0.2) is 9.97 Å². The van der Waals surface area contributed by atoms with E-state index in [0.29, 0.717) is 13.0 Å². The molecule has 1 aromatic rings. The van der Waals surface area contributed by atoms with Crippen molar-refractivity contribution in [2.45, 2.75) is 19.8 Å². The summed E-state index contributed by atoms with van der Waals surface area (Å²) in [6.45, 7) is 3.54. The monoisotopic (exact) mass is 237 g/mol. The molecule has 0 unspecified atom stereocenters. The minimum absolute atomic E-state index is 0.0101. The Morgan fingerprint density at radius 3 is 2.47 bits per heavy atom. The number of rotatable bonds is 7. The Morgan fingerprint density at radius 2 is 1.88 bits per heavy atom. The molecule has 17 heavy (non-hydrogen) atoms. The Hall–Kier alpha value is -1.85. The van der Waals surface area contributed by atoms with Gasteiger partial charge in [0, 0.05) is 32.6 Å². The van der Waals surface area contributed by atoms with Crippen LogP contribution in [-0.2, 0) is 4.79 Å². The van der Waals surface area contributed by atoms with Crippen LogP contribution >= 0.6 is 0 Å². The van der Waals surface area contributed by atoms with E-state index < -0.39 is 0 Å². The minimum Gasteiger partial charge on any atom is -0.370 e. The summed E-state index contributed by atoms with van der Waals surface area (Å²) < 4.78 is 0. The molecule has 0 saturated carbocycles. The second kappa shape index (κ2) is 7.43. The molecule has 0 atom stereocenters. The van der Waals surface area contributed by atoms with Crippen molar-refractivity contribution in [3.63, 3.8) is 0 Å². The molecule has 94 valence electrons. The SMILES string of the molecule is CCCNc1cc(NCCC(=O)NC)ncn1. The number of aromatic nitrogens is 2. The van der Waals surface area contributed by atoms with Gasteiger partial charge >= 0.3 is 0 Å². The number of nitrogens with zero attached hydrogens (tertiary/aromatic N) is 2. The molecule has 0 radical (unpaired) electrons. The summed E-state index contributed by atoms with van der Waals surface area (Å²) in [4.78, 5) is 19.2. The zero-order valence-electron chi connectivity index (χ0n) is 10.3. The minimum atomic E-state index is 0.0101. The van der Waals surface area contributed by atoms with Crippen molar-refractivity contribution in [3.8, 4) is 0 Å². The maximum atomic E-state index is 11.0. The van der Waals surface area contributed by atoms with Crippen LogP contribution in [0.3, 0.4) is 0 Å². The Kier molecular flexibility index (Phi) is 5.77. The van der Waals surface area contributed by atoms with E-state index in [2.05, 4.69) is 32.8 Å². The molecule has 0 fully saturated rings. The lowest BCUT2D eigenvalue weighted by molar-refractivity contribution is -0.120. The highest BCUT2D eigenvalue weighted by Crippen LogP contribution is 2.08. The second-order valence-electron chi connectivity index (χ2n) is 3.57. The Morgan fingerprint density at radius 1 is 1.24 bits per heavy atom. The van der Waals surface area contributed by atoms with E-state index >= 15 is 0 Å². The lowest BCUT2D eigenvalue weighted by atomic mass is 10.4. The highest BCUT2D eigenvalue weighted by atomic mass is 16.1. The first-order valence-electron chi connectivity index (χ1n) is 5.76. The lowest BCUT2D eigenvalue weighted by Gasteiger charge is -2.07. The molecule has 0 aliphatic rings. The van der Waals surface area contributed by atoms with Gasteiger partial charge in [0.15, 0.2) is 0 Å². The Balaban J connectivity index is 2.40. The fourth-order valence-electron chi connectivity index (χ4n) is 1.23. The number of nitrogens with one attached hydrogen (secondary N) is 3. The molecule has 1 heterocycles. The average molecular weight is 237 g/mol. The summed E-state index contributed by atoms with van der Waals surface area (Å²) in [5.41, 5.74) is 0. The summed E-state index contributed by atoms with van der Waals surface area (Å²) in [5.74, 6) is 1.53.